The lowest BCUT2D eigenvalue weighted by Crippen LogP contribution is -2.58. The number of nitrogens with one attached hydrogen (secondary N) is 1. The van der Waals surface area contributed by atoms with Gasteiger partial charge >= 0.3 is 0 Å². The predicted molar refractivity (Wildman–Crippen MR) is 125 cm³/mol. The molecule has 2 fully saturated rings. The molecule has 1 aliphatic carbocycles. The number of nitrogens with zero attached hydrogens (tertiary/aromatic N) is 2. The van der Waals surface area contributed by atoms with Crippen LogP contribution in [0.1, 0.15) is 41.7 Å². The maximum atomic E-state index is 13.3. The molecule has 1 unspecified atom stereocenters. The van der Waals surface area contributed by atoms with E-state index in [1.54, 1.807) is 11.3 Å². The Bertz CT molecular complexity index is 869. The number of carbonyl (C=O) groups excluding carboxylic acids is 2. The van der Waals surface area contributed by atoms with Gasteiger partial charge in [-0.25, -0.2) is 0 Å². The zero-order chi connectivity index (χ0) is 21.6. The highest BCUT2D eigenvalue weighted by atomic mass is 32.1. The SMILES string of the molecule is Cc1cccc(CNC(=O)C(C2CCCC2)N2CCN(C(=O)Cc3cccs3)CC2)c1. The lowest BCUT2D eigenvalue weighted by Gasteiger charge is -2.40. The molecule has 166 valence electrons. The maximum absolute atomic E-state index is 13.3. The molecule has 0 radical (unpaired) electrons. The van der Waals surface area contributed by atoms with E-state index in [-0.39, 0.29) is 17.9 Å². The second-order valence-corrected chi connectivity index (χ2v) is 9.90. The second-order valence-electron chi connectivity index (χ2n) is 8.87. The summed E-state index contributed by atoms with van der Waals surface area (Å²) >= 11 is 1.64. The number of piperazine rings is 1. The van der Waals surface area contributed by atoms with Crippen LogP contribution in [0.15, 0.2) is 41.8 Å². The zero-order valence-corrected chi connectivity index (χ0v) is 19.2. The van der Waals surface area contributed by atoms with Gasteiger partial charge in [0.05, 0.1) is 12.5 Å². The normalized spacial score (nSPS) is 18.8. The molecule has 1 saturated heterocycles. The third kappa shape index (κ3) is 5.74. The molecule has 0 spiro atoms. The van der Waals surface area contributed by atoms with Gasteiger partial charge in [0.25, 0.3) is 0 Å². The highest BCUT2D eigenvalue weighted by molar-refractivity contribution is 7.10. The number of amides is 2. The second kappa shape index (κ2) is 10.4. The van der Waals surface area contributed by atoms with Crippen molar-refractivity contribution < 1.29 is 9.59 Å². The van der Waals surface area contributed by atoms with E-state index < -0.39 is 0 Å². The number of benzene rings is 1. The molecule has 4 rings (SSSR count). The molecular formula is C25H33N3O2S. The number of carbonyl (C=O) groups is 2. The lowest BCUT2D eigenvalue weighted by molar-refractivity contribution is -0.134. The van der Waals surface area contributed by atoms with Crippen molar-refractivity contribution in [2.75, 3.05) is 26.2 Å². The van der Waals surface area contributed by atoms with Gasteiger partial charge in [0, 0.05) is 37.6 Å². The molecule has 31 heavy (non-hydrogen) atoms. The fourth-order valence-corrected chi connectivity index (χ4v) is 5.69. The summed E-state index contributed by atoms with van der Waals surface area (Å²) in [4.78, 5) is 31.3. The van der Waals surface area contributed by atoms with Crippen molar-refractivity contribution in [1.29, 1.82) is 0 Å². The first-order valence-electron chi connectivity index (χ1n) is 11.5. The van der Waals surface area contributed by atoms with Crippen molar-refractivity contribution in [2.24, 2.45) is 5.92 Å². The Hall–Kier alpha value is -2.18. The summed E-state index contributed by atoms with van der Waals surface area (Å²) in [6.07, 6.45) is 5.16. The van der Waals surface area contributed by atoms with Crippen LogP contribution in [-0.2, 0) is 22.6 Å². The molecule has 2 amide bonds. The molecule has 1 aromatic heterocycles. The molecule has 2 heterocycles. The van der Waals surface area contributed by atoms with E-state index in [0.717, 1.165) is 36.4 Å². The van der Waals surface area contributed by atoms with Crippen molar-refractivity contribution in [3.8, 4) is 0 Å². The number of hydrogen-bond acceptors (Lipinski definition) is 4. The maximum Gasteiger partial charge on any atom is 0.237 e. The fraction of sp³-hybridized carbons (Fsp3) is 0.520. The summed E-state index contributed by atoms with van der Waals surface area (Å²) in [6, 6.07) is 12.2. The van der Waals surface area contributed by atoms with Crippen molar-refractivity contribution >= 4 is 23.2 Å². The van der Waals surface area contributed by atoms with E-state index in [2.05, 4.69) is 35.3 Å². The number of thiophene rings is 1. The summed E-state index contributed by atoms with van der Waals surface area (Å²) in [7, 11) is 0. The number of hydrogen-bond donors (Lipinski definition) is 1. The average molecular weight is 440 g/mol. The lowest BCUT2D eigenvalue weighted by atomic mass is 9.94. The van der Waals surface area contributed by atoms with Gasteiger partial charge in [0.2, 0.25) is 11.8 Å². The Labute approximate surface area is 189 Å². The Morgan fingerprint density at radius 2 is 1.87 bits per heavy atom. The van der Waals surface area contributed by atoms with Gasteiger partial charge in [-0.15, -0.1) is 11.3 Å². The molecule has 5 nitrogen and oxygen atoms in total. The Morgan fingerprint density at radius 1 is 1.10 bits per heavy atom. The van der Waals surface area contributed by atoms with Crippen molar-refractivity contribution in [1.82, 2.24) is 15.1 Å². The van der Waals surface area contributed by atoms with E-state index >= 15 is 0 Å². The monoisotopic (exact) mass is 439 g/mol. The minimum atomic E-state index is -0.0816. The van der Waals surface area contributed by atoms with E-state index in [1.807, 2.05) is 28.5 Å². The highest BCUT2D eigenvalue weighted by Crippen LogP contribution is 2.31. The molecule has 6 heteroatoms. The molecule has 1 N–H and O–H groups in total. The third-order valence-corrected chi connectivity index (χ3v) is 7.51. The van der Waals surface area contributed by atoms with Crippen LogP contribution in [0.2, 0.25) is 0 Å². The topological polar surface area (TPSA) is 52.7 Å². The summed E-state index contributed by atoms with van der Waals surface area (Å²) < 4.78 is 0. The first-order chi connectivity index (χ1) is 15.1. The molecule has 1 aromatic carbocycles. The third-order valence-electron chi connectivity index (χ3n) is 6.63. The van der Waals surface area contributed by atoms with Crippen molar-refractivity contribution in [3.63, 3.8) is 0 Å². The Balaban J connectivity index is 1.35. The Morgan fingerprint density at radius 3 is 2.55 bits per heavy atom. The minimum Gasteiger partial charge on any atom is -0.351 e. The van der Waals surface area contributed by atoms with Gasteiger partial charge in [-0.3, -0.25) is 14.5 Å². The molecule has 1 saturated carbocycles. The standard InChI is InChI=1S/C25H33N3O2S/c1-19-6-4-7-20(16-19)18-26-25(30)24(21-8-2-3-9-21)28-13-11-27(12-14-28)23(29)17-22-10-5-15-31-22/h4-7,10,15-16,21,24H,2-3,8-9,11-14,17-18H2,1H3,(H,26,30). The van der Waals surface area contributed by atoms with Crippen LogP contribution in [0.5, 0.6) is 0 Å². The molecule has 2 aliphatic rings. The fourth-order valence-electron chi connectivity index (χ4n) is 4.99. The molecule has 1 atom stereocenters. The first kappa shape index (κ1) is 22.0. The summed E-state index contributed by atoms with van der Waals surface area (Å²) in [5.41, 5.74) is 2.35. The quantitative estimate of drug-likeness (QED) is 0.717. The molecule has 1 aliphatic heterocycles. The van der Waals surface area contributed by atoms with Gasteiger partial charge in [0.1, 0.15) is 0 Å². The van der Waals surface area contributed by atoms with E-state index in [1.165, 1.54) is 18.4 Å². The number of aryl methyl sites for hydroxylation is 1. The summed E-state index contributed by atoms with van der Waals surface area (Å²) in [5, 5.41) is 5.22. The summed E-state index contributed by atoms with van der Waals surface area (Å²) in [5.74, 6) is 0.765. The predicted octanol–water partition coefficient (Wildman–Crippen LogP) is 3.62. The molecule has 0 bridgehead atoms. The highest BCUT2D eigenvalue weighted by Gasteiger charge is 2.37. The van der Waals surface area contributed by atoms with Gasteiger partial charge < -0.3 is 10.2 Å². The van der Waals surface area contributed by atoms with Crippen LogP contribution in [0.3, 0.4) is 0 Å². The van der Waals surface area contributed by atoms with E-state index in [9.17, 15) is 9.59 Å². The van der Waals surface area contributed by atoms with Gasteiger partial charge in [-0.05, 0) is 42.7 Å². The van der Waals surface area contributed by atoms with Crippen molar-refractivity contribution in [2.45, 2.75) is 51.6 Å². The van der Waals surface area contributed by atoms with Crippen LogP contribution >= 0.6 is 11.3 Å². The van der Waals surface area contributed by atoms with Gasteiger partial charge in [-0.1, -0.05) is 48.7 Å². The van der Waals surface area contributed by atoms with E-state index in [4.69, 9.17) is 0 Å². The van der Waals surface area contributed by atoms with Crippen LogP contribution in [0, 0.1) is 12.8 Å². The van der Waals surface area contributed by atoms with Crippen LogP contribution < -0.4 is 5.32 Å². The minimum absolute atomic E-state index is 0.0816. The van der Waals surface area contributed by atoms with E-state index in [0.29, 0.717) is 32.0 Å². The average Bonchev–Trinajstić information content (AvgIpc) is 3.48. The summed E-state index contributed by atoms with van der Waals surface area (Å²) in [6.45, 7) is 5.61. The van der Waals surface area contributed by atoms with Crippen molar-refractivity contribution in [3.05, 3.63) is 57.8 Å². The smallest absolute Gasteiger partial charge is 0.237 e. The van der Waals surface area contributed by atoms with Crippen LogP contribution in [0.25, 0.3) is 0 Å². The molecular weight excluding hydrogens is 406 g/mol. The first-order valence-corrected chi connectivity index (χ1v) is 12.4. The molecule has 2 aromatic rings. The number of rotatable bonds is 7. The van der Waals surface area contributed by atoms with Crippen LogP contribution in [-0.4, -0.2) is 53.8 Å². The Kier molecular flexibility index (Phi) is 7.41. The largest absolute Gasteiger partial charge is 0.351 e. The van der Waals surface area contributed by atoms with Crippen LogP contribution in [0.4, 0.5) is 0 Å². The van der Waals surface area contributed by atoms with Gasteiger partial charge in [0.15, 0.2) is 0 Å². The zero-order valence-electron chi connectivity index (χ0n) is 18.4. The van der Waals surface area contributed by atoms with Gasteiger partial charge in [-0.2, -0.15) is 0 Å².